The Kier molecular flexibility index (Phi) is 4.46. The minimum absolute atomic E-state index is 0.172. The van der Waals surface area contributed by atoms with Crippen LogP contribution in [0.2, 0.25) is 0 Å². The third-order valence-electron chi connectivity index (χ3n) is 4.25. The number of rotatable bonds is 5. The number of thiophene rings is 1. The van der Waals surface area contributed by atoms with Crippen LogP contribution in [0.5, 0.6) is 0 Å². The molecule has 1 saturated carbocycles. The minimum atomic E-state index is -1.29. The second-order valence-electron chi connectivity index (χ2n) is 5.64. The van der Waals surface area contributed by atoms with Crippen molar-refractivity contribution in [2.75, 3.05) is 6.61 Å². The molecule has 116 valence electrons. The Morgan fingerprint density at radius 3 is 2.62 bits per heavy atom. The summed E-state index contributed by atoms with van der Waals surface area (Å²) >= 11 is 4.57. The van der Waals surface area contributed by atoms with Gasteiger partial charge >= 0.3 is 5.97 Å². The van der Waals surface area contributed by atoms with Crippen molar-refractivity contribution in [3.8, 4) is 0 Å². The van der Waals surface area contributed by atoms with Gasteiger partial charge in [0.05, 0.1) is 14.8 Å². The Labute approximate surface area is 135 Å². The summed E-state index contributed by atoms with van der Waals surface area (Å²) in [7, 11) is 0. The zero-order chi connectivity index (χ0) is 15.8. The minimum Gasteiger partial charge on any atom is -0.479 e. The van der Waals surface area contributed by atoms with Gasteiger partial charge in [-0.1, -0.05) is 13.8 Å². The van der Waals surface area contributed by atoms with Crippen molar-refractivity contribution in [1.82, 2.24) is 5.32 Å². The Morgan fingerprint density at radius 1 is 1.52 bits per heavy atom. The molecule has 21 heavy (non-hydrogen) atoms. The molecule has 2 atom stereocenters. The molecule has 1 amide bonds. The first-order chi connectivity index (χ1) is 9.74. The highest BCUT2D eigenvalue weighted by Gasteiger charge is 2.66. The molecule has 0 saturated heterocycles. The quantitative estimate of drug-likeness (QED) is 0.829. The van der Waals surface area contributed by atoms with Crippen LogP contribution in [0.4, 0.5) is 0 Å². The van der Waals surface area contributed by atoms with Gasteiger partial charge in [0, 0.05) is 18.4 Å². The van der Waals surface area contributed by atoms with Crippen LogP contribution in [-0.4, -0.2) is 35.2 Å². The molecule has 1 aromatic rings. The fraction of sp³-hybridized carbons (Fsp3) is 0.571. The smallest absolute Gasteiger partial charge is 0.330 e. The molecule has 0 bridgehead atoms. The predicted octanol–water partition coefficient (Wildman–Crippen LogP) is 2.90. The van der Waals surface area contributed by atoms with Crippen molar-refractivity contribution in [2.45, 2.75) is 38.8 Å². The third kappa shape index (κ3) is 2.62. The molecule has 2 rings (SSSR count). The Hall–Kier alpha value is -0.920. The Balaban J connectivity index is 2.22. The predicted molar refractivity (Wildman–Crippen MR) is 83.7 cm³/mol. The number of ether oxygens (including phenoxy) is 1. The summed E-state index contributed by atoms with van der Waals surface area (Å²) in [6, 6.07) is 3.44. The molecule has 5 nitrogen and oxygen atoms in total. The summed E-state index contributed by atoms with van der Waals surface area (Å²) in [5.74, 6) is -1.39. The zero-order valence-corrected chi connectivity index (χ0v) is 14.5. The fourth-order valence-corrected chi connectivity index (χ4v) is 4.01. The van der Waals surface area contributed by atoms with E-state index in [9.17, 15) is 14.7 Å². The van der Waals surface area contributed by atoms with E-state index >= 15 is 0 Å². The molecular weight excluding hydrogens is 358 g/mol. The van der Waals surface area contributed by atoms with E-state index in [0.717, 1.165) is 3.79 Å². The highest BCUT2D eigenvalue weighted by molar-refractivity contribution is 9.11. The van der Waals surface area contributed by atoms with Gasteiger partial charge in [-0.3, -0.25) is 4.79 Å². The van der Waals surface area contributed by atoms with E-state index in [2.05, 4.69) is 21.2 Å². The number of carbonyl (C=O) groups excluding carboxylic acids is 1. The average Bonchev–Trinajstić information content (AvgIpc) is 2.83. The van der Waals surface area contributed by atoms with Gasteiger partial charge in [0.25, 0.3) is 5.91 Å². The molecule has 0 aromatic carbocycles. The lowest BCUT2D eigenvalue weighted by atomic mass is 9.54. The molecule has 2 unspecified atom stereocenters. The van der Waals surface area contributed by atoms with Crippen LogP contribution < -0.4 is 5.32 Å². The van der Waals surface area contributed by atoms with Gasteiger partial charge in [-0.15, -0.1) is 11.3 Å². The van der Waals surface area contributed by atoms with Crippen LogP contribution in [0.15, 0.2) is 15.9 Å². The number of carbonyl (C=O) groups is 2. The lowest BCUT2D eigenvalue weighted by Crippen LogP contribution is -2.76. The van der Waals surface area contributed by atoms with Gasteiger partial charge in [0.2, 0.25) is 0 Å². The summed E-state index contributed by atoms with van der Waals surface area (Å²) in [6.07, 6.45) is 0.107. The van der Waals surface area contributed by atoms with Gasteiger partial charge in [0.1, 0.15) is 5.54 Å². The number of carboxylic acids is 1. The van der Waals surface area contributed by atoms with Crippen LogP contribution in [0.25, 0.3) is 0 Å². The number of carboxylic acid groups (broad SMARTS) is 1. The summed E-state index contributed by atoms with van der Waals surface area (Å²) in [4.78, 5) is 24.5. The molecule has 0 spiro atoms. The number of aliphatic carboxylic acids is 1. The first-order valence-corrected chi connectivity index (χ1v) is 8.28. The molecule has 7 heteroatoms. The summed E-state index contributed by atoms with van der Waals surface area (Å²) in [6.45, 7) is 6.03. The summed E-state index contributed by atoms with van der Waals surface area (Å²) in [5, 5.41) is 12.3. The van der Waals surface area contributed by atoms with Crippen molar-refractivity contribution in [3.63, 3.8) is 0 Å². The maximum Gasteiger partial charge on any atom is 0.330 e. The highest BCUT2D eigenvalue weighted by Crippen LogP contribution is 2.51. The molecule has 1 aliphatic rings. The van der Waals surface area contributed by atoms with E-state index in [4.69, 9.17) is 4.74 Å². The number of amides is 1. The molecule has 1 heterocycles. The van der Waals surface area contributed by atoms with E-state index < -0.39 is 16.9 Å². The second-order valence-corrected chi connectivity index (χ2v) is 8.10. The molecular formula is C14H18BrNO4S. The zero-order valence-electron chi connectivity index (χ0n) is 12.1. The van der Waals surface area contributed by atoms with Crippen molar-refractivity contribution >= 4 is 39.1 Å². The second kappa shape index (κ2) is 5.70. The van der Waals surface area contributed by atoms with E-state index in [1.54, 1.807) is 12.1 Å². The lowest BCUT2D eigenvalue weighted by molar-refractivity contribution is -0.190. The molecule has 0 aliphatic heterocycles. The van der Waals surface area contributed by atoms with E-state index in [0.29, 0.717) is 11.5 Å². The number of halogens is 1. The van der Waals surface area contributed by atoms with Crippen LogP contribution >= 0.6 is 27.3 Å². The number of nitrogens with one attached hydrogen (secondary N) is 1. The lowest BCUT2D eigenvalue weighted by Gasteiger charge is -2.58. The van der Waals surface area contributed by atoms with Crippen LogP contribution in [-0.2, 0) is 9.53 Å². The van der Waals surface area contributed by atoms with E-state index in [-0.39, 0.29) is 18.4 Å². The van der Waals surface area contributed by atoms with Crippen molar-refractivity contribution in [2.24, 2.45) is 5.41 Å². The fourth-order valence-electron chi connectivity index (χ4n) is 2.73. The Morgan fingerprint density at radius 2 is 2.19 bits per heavy atom. The molecule has 1 fully saturated rings. The van der Waals surface area contributed by atoms with Gasteiger partial charge in [-0.2, -0.15) is 0 Å². The van der Waals surface area contributed by atoms with Crippen molar-refractivity contribution in [3.05, 3.63) is 20.8 Å². The SMILES string of the molecule is CCOC1CC(NC(=O)c2ccc(Br)s2)(C(=O)O)C1(C)C. The maximum absolute atomic E-state index is 12.3. The van der Waals surface area contributed by atoms with Crippen molar-refractivity contribution in [1.29, 1.82) is 0 Å². The van der Waals surface area contributed by atoms with E-state index in [1.807, 2.05) is 20.8 Å². The first-order valence-electron chi connectivity index (χ1n) is 6.67. The van der Waals surface area contributed by atoms with Gasteiger partial charge in [-0.25, -0.2) is 4.79 Å². The Bertz CT molecular complexity index is 571. The molecule has 2 N–H and O–H groups in total. The monoisotopic (exact) mass is 375 g/mol. The van der Waals surface area contributed by atoms with E-state index in [1.165, 1.54) is 11.3 Å². The maximum atomic E-state index is 12.3. The van der Waals surface area contributed by atoms with Crippen LogP contribution in [0.3, 0.4) is 0 Å². The molecule has 0 radical (unpaired) electrons. The number of hydrogen-bond acceptors (Lipinski definition) is 4. The first kappa shape index (κ1) is 16.5. The standard InChI is InChI=1S/C14H18BrNO4S/c1-4-20-9-7-14(12(18)19,13(9,2)3)16-11(17)8-5-6-10(15)21-8/h5-6,9H,4,7H2,1-3H3,(H,16,17)(H,18,19). The topological polar surface area (TPSA) is 75.6 Å². The largest absolute Gasteiger partial charge is 0.479 e. The molecule has 1 aliphatic carbocycles. The number of hydrogen-bond donors (Lipinski definition) is 2. The van der Waals surface area contributed by atoms with Crippen LogP contribution in [0.1, 0.15) is 36.9 Å². The summed E-state index contributed by atoms with van der Waals surface area (Å²) in [5.41, 5.74) is -1.96. The van der Waals surface area contributed by atoms with Crippen LogP contribution in [0, 0.1) is 5.41 Å². The average molecular weight is 376 g/mol. The summed E-state index contributed by atoms with van der Waals surface area (Å²) < 4.78 is 6.40. The van der Waals surface area contributed by atoms with Gasteiger partial charge in [-0.05, 0) is 35.0 Å². The van der Waals surface area contributed by atoms with Gasteiger partial charge in [0.15, 0.2) is 0 Å². The highest BCUT2D eigenvalue weighted by atomic mass is 79.9. The van der Waals surface area contributed by atoms with Crippen molar-refractivity contribution < 1.29 is 19.4 Å². The molecule has 1 aromatic heterocycles. The normalized spacial score (nSPS) is 27.0. The third-order valence-corrected chi connectivity index (χ3v) is 5.88. The van der Waals surface area contributed by atoms with Gasteiger partial charge < -0.3 is 15.2 Å².